The number of alkyl halides is 5. The summed E-state index contributed by atoms with van der Waals surface area (Å²) in [6.07, 6.45) is -8.63. The highest BCUT2D eigenvalue weighted by Crippen LogP contribution is 2.36. The van der Waals surface area contributed by atoms with Gasteiger partial charge in [-0.3, -0.25) is 0 Å². The first kappa shape index (κ1) is 14.3. The van der Waals surface area contributed by atoms with Crippen molar-refractivity contribution in [2.45, 2.75) is 25.6 Å². The van der Waals surface area contributed by atoms with E-state index in [1.54, 1.807) is 6.07 Å². The Labute approximate surface area is 99.0 Å². The molecule has 0 unspecified atom stereocenters. The molecule has 3 nitrogen and oxygen atoms in total. The molecule has 98 valence electrons. The zero-order valence-corrected chi connectivity index (χ0v) is 8.93. The van der Waals surface area contributed by atoms with Crippen LogP contribution in [0.4, 0.5) is 22.0 Å². The lowest BCUT2D eigenvalue weighted by Crippen LogP contribution is -2.17. The van der Waals surface area contributed by atoms with E-state index in [9.17, 15) is 22.0 Å². The van der Waals surface area contributed by atoms with E-state index in [2.05, 4.69) is 4.98 Å². The van der Waals surface area contributed by atoms with Gasteiger partial charge in [0.05, 0.1) is 18.2 Å². The highest BCUT2D eigenvalue weighted by molar-refractivity contribution is 5.34. The molecule has 1 aromatic rings. The number of halogens is 5. The Morgan fingerprint density at radius 2 is 2.00 bits per heavy atom. The van der Waals surface area contributed by atoms with Crippen molar-refractivity contribution in [3.05, 3.63) is 28.6 Å². The van der Waals surface area contributed by atoms with E-state index >= 15 is 0 Å². The van der Waals surface area contributed by atoms with Crippen LogP contribution in [-0.4, -0.2) is 4.98 Å². The predicted octanol–water partition coefficient (Wildman–Crippen LogP) is 2.56. The Bertz CT molecular complexity index is 476. The minimum absolute atomic E-state index is 0.0108. The number of aromatic nitrogens is 1. The smallest absolute Gasteiger partial charge is 0.325 e. The van der Waals surface area contributed by atoms with E-state index in [0.29, 0.717) is 6.07 Å². The van der Waals surface area contributed by atoms with Crippen molar-refractivity contribution in [2.24, 2.45) is 5.73 Å². The van der Waals surface area contributed by atoms with Crippen LogP contribution in [0.1, 0.15) is 28.9 Å². The van der Waals surface area contributed by atoms with Crippen LogP contribution in [0.25, 0.3) is 0 Å². The lowest BCUT2D eigenvalue weighted by Gasteiger charge is -2.15. The van der Waals surface area contributed by atoms with E-state index in [1.165, 1.54) is 0 Å². The van der Waals surface area contributed by atoms with Gasteiger partial charge in [-0.05, 0) is 11.6 Å². The third-order valence-electron chi connectivity index (χ3n) is 2.19. The number of rotatable bonds is 3. The second-order valence-corrected chi connectivity index (χ2v) is 3.37. The van der Waals surface area contributed by atoms with Crippen LogP contribution in [0.2, 0.25) is 0 Å². The number of nitriles is 1. The third-order valence-corrected chi connectivity index (χ3v) is 2.19. The maximum atomic E-state index is 12.6. The highest BCUT2D eigenvalue weighted by Gasteiger charge is 2.38. The second kappa shape index (κ2) is 5.27. The Kier molecular flexibility index (Phi) is 4.19. The molecule has 0 saturated carbocycles. The predicted molar refractivity (Wildman–Crippen MR) is 51.4 cm³/mol. The molecule has 0 aliphatic rings. The molecule has 8 heteroatoms. The zero-order chi connectivity index (χ0) is 13.9. The average Bonchev–Trinajstić information content (AvgIpc) is 2.27. The van der Waals surface area contributed by atoms with Crippen LogP contribution in [0.3, 0.4) is 0 Å². The molecule has 1 rings (SSSR count). The lowest BCUT2D eigenvalue weighted by molar-refractivity contribution is -0.143. The normalized spacial score (nSPS) is 11.7. The molecule has 0 spiro atoms. The summed E-state index contributed by atoms with van der Waals surface area (Å²) in [4.78, 5) is 3.12. The molecule has 0 aliphatic heterocycles. The molecule has 0 amide bonds. The van der Waals surface area contributed by atoms with Crippen LogP contribution in [0.5, 0.6) is 0 Å². The fourth-order valence-electron chi connectivity index (χ4n) is 1.42. The number of hydrogen-bond acceptors (Lipinski definition) is 3. The van der Waals surface area contributed by atoms with E-state index in [0.717, 1.165) is 0 Å². The molecule has 0 aliphatic carbocycles. The molecule has 2 N–H and O–H groups in total. The monoisotopic (exact) mass is 265 g/mol. The minimum Gasteiger partial charge on any atom is -0.325 e. The van der Waals surface area contributed by atoms with E-state index in [4.69, 9.17) is 11.0 Å². The fourth-order valence-corrected chi connectivity index (χ4v) is 1.42. The highest BCUT2D eigenvalue weighted by atomic mass is 19.4. The van der Waals surface area contributed by atoms with Crippen LogP contribution < -0.4 is 5.73 Å². The van der Waals surface area contributed by atoms with Gasteiger partial charge >= 0.3 is 6.18 Å². The molecule has 18 heavy (non-hydrogen) atoms. The Hall–Kier alpha value is -1.75. The summed E-state index contributed by atoms with van der Waals surface area (Å²) >= 11 is 0. The standard InChI is InChI=1S/C10H8F5N3/c11-9(12)6-3-5(1-2-16)7(4-17)18-8(6)10(13,14)15/h3,9H,1,4,17H2. The van der Waals surface area contributed by atoms with Crippen molar-refractivity contribution in [3.8, 4) is 6.07 Å². The van der Waals surface area contributed by atoms with Gasteiger partial charge in [0.25, 0.3) is 6.43 Å². The van der Waals surface area contributed by atoms with Crippen LogP contribution >= 0.6 is 0 Å². The van der Waals surface area contributed by atoms with Gasteiger partial charge < -0.3 is 5.73 Å². The topological polar surface area (TPSA) is 62.7 Å². The van der Waals surface area contributed by atoms with Gasteiger partial charge in [-0.2, -0.15) is 18.4 Å². The molecule has 0 fully saturated rings. The minimum atomic E-state index is -4.99. The largest absolute Gasteiger partial charge is 0.433 e. The van der Waals surface area contributed by atoms with Crippen molar-refractivity contribution in [1.82, 2.24) is 4.98 Å². The number of pyridine rings is 1. The van der Waals surface area contributed by atoms with Crippen LogP contribution in [0.15, 0.2) is 6.07 Å². The molecule has 1 aromatic heterocycles. The van der Waals surface area contributed by atoms with Gasteiger partial charge in [-0.1, -0.05) is 0 Å². The number of hydrogen-bond donors (Lipinski definition) is 1. The maximum absolute atomic E-state index is 12.6. The third kappa shape index (κ3) is 2.92. The van der Waals surface area contributed by atoms with Crippen molar-refractivity contribution < 1.29 is 22.0 Å². The summed E-state index contributed by atoms with van der Waals surface area (Å²) in [5, 5.41) is 8.47. The summed E-state index contributed by atoms with van der Waals surface area (Å²) in [7, 11) is 0. The molecule has 0 aromatic carbocycles. The van der Waals surface area contributed by atoms with Gasteiger partial charge in [0.1, 0.15) is 0 Å². The second-order valence-electron chi connectivity index (χ2n) is 3.37. The van der Waals surface area contributed by atoms with Crippen molar-refractivity contribution in [3.63, 3.8) is 0 Å². The molecular weight excluding hydrogens is 257 g/mol. The lowest BCUT2D eigenvalue weighted by atomic mass is 10.0. The summed E-state index contributed by atoms with van der Waals surface area (Å²) in [6, 6.07) is 2.31. The quantitative estimate of drug-likeness (QED) is 0.854. The van der Waals surface area contributed by atoms with E-state index in [1.807, 2.05) is 0 Å². The molecule has 1 heterocycles. The number of nitrogens with two attached hydrogens (primary N) is 1. The first-order valence-corrected chi connectivity index (χ1v) is 4.76. The molecule has 0 bridgehead atoms. The average molecular weight is 265 g/mol. The maximum Gasteiger partial charge on any atom is 0.433 e. The van der Waals surface area contributed by atoms with Gasteiger partial charge in [-0.15, -0.1) is 0 Å². The van der Waals surface area contributed by atoms with Crippen LogP contribution in [-0.2, 0) is 19.1 Å². The van der Waals surface area contributed by atoms with Gasteiger partial charge in [0.15, 0.2) is 5.69 Å². The first-order chi connectivity index (χ1) is 8.31. The van der Waals surface area contributed by atoms with E-state index < -0.39 is 23.9 Å². The number of nitrogens with zero attached hydrogens (tertiary/aromatic N) is 2. The summed E-state index contributed by atoms with van der Waals surface area (Å²) in [6.45, 7) is -0.358. The fraction of sp³-hybridized carbons (Fsp3) is 0.400. The Morgan fingerprint density at radius 3 is 2.39 bits per heavy atom. The van der Waals surface area contributed by atoms with Crippen molar-refractivity contribution in [1.29, 1.82) is 5.26 Å². The molecule has 0 atom stereocenters. The molecule has 0 radical (unpaired) electrons. The Morgan fingerprint density at radius 1 is 1.39 bits per heavy atom. The molecular formula is C10H8F5N3. The van der Waals surface area contributed by atoms with E-state index in [-0.39, 0.29) is 24.2 Å². The molecule has 0 saturated heterocycles. The van der Waals surface area contributed by atoms with Gasteiger partial charge in [0.2, 0.25) is 0 Å². The summed E-state index contributed by atoms with van der Waals surface area (Å²) in [5.41, 5.74) is 2.10. The first-order valence-electron chi connectivity index (χ1n) is 4.76. The summed E-state index contributed by atoms with van der Waals surface area (Å²) in [5.74, 6) is 0. The van der Waals surface area contributed by atoms with Crippen molar-refractivity contribution in [2.75, 3.05) is 0 Å². The SMILES string of the molecule is N#CCc1cc(C(F)F)c(C(F)(F)F)nc1CN. The van der Waals surface area contributed by atoms with Crippen molar-refractivity contribution >= 4 is 0 Å². The van der Waals surface area contributed by atoms with Gasteiger partial charge in [-0.25, -0.2) is 13.8 Å². The summed E-state index contributed by atoms with van der Waals surface area (Å²) < 4.78 is 62.7. The Balaban J connectivity index is 3.48. The van der Waals surface area contributed by atoms with Gasteiger partial charge in [0, 0.05) is 12.1 Å². The zero-order valence-electron chi connectivity index (χ0n) is 8.93. The van der Waals surface area contributed by atoms with Crippen LogP contribution in [0, 0.1) is 11.3 Å².